The van der Waals surface area contributed by atoms with Gasteiger partial charge in [-0.05, 0) is 74.4 Å². The maximum atomic E-state index is 11.8. The molecule has 4 aliphatic rings. The van der Waals surface area contributed by atoms with E-state index in [1.807, 2.05) is 23.1 Å². The van der Waals surface area contributed by atoms with Crippen LogP contribution in [-0.4, -0.2) is 33.9 Å². The molecule has 6 heteroatoms. The lowest BCUT2D eigenvalue weighted by molar-refractivity contribution is 0.1000. The van der Waals surface area contributed by atoms with Crippen LogP contribution in [0.3, 0.4) is 0 Å². The third-order valence-corrected chi connectivity index (χ3v) is 7.58. The molecule has 152 valence electrons. The smallest absolute Gasteiger partial charge is 0.248 e. The molecule has 1 aromatic carbocycles. The zero-order valence-electron chi connectivity index (χ0n) is 16.9. The summed E-state index contributed by atoms with van der Waals surface area (Å²) in [6.07, 6.45) is 9.02. The minimum absolute atomic E-state index is 0.247. The standard InChI is InChI=1S/C24H25N5O/c25-13-28-17-7-9-21(28)18(12-17)22-11-16-10-15(24(26)30)6-8-20(16)29(22)23-3-1-2-19(27-23)14-4-5-14/h1-3,6,8,10,14,17-18,21-22H,4-5,7,9,11-12H2,(H2,26,30). The first-order chi connectivity index (χ1) is 14.6. The van der Waals surface area contributed by atoms with E-state index in [0.29, 0.717) is 29.5 Å². The molecule has 0 radical (unpaired) electrons. The molecule has 4 unspecified atom stereocenters. The SMILES string of the molecule is N#CN1C2CCC1C(C1Cc3cc(C(N)=O)ccc3N1c1cccc(C3CC3)n1)C2. The lowest BCUT2D eigenvalue weighted by Crippen LogP contribution is -2.41. The number of hydrogen-bond donors (Lipinski definition) is 1. The highest BCUT2D eigenvalue weighted by Crippen LogP contribution is 2.50. The van der Waals surface area contributed by atoms with Gasteiger partial charge in [-0.15, -0.1) is 0 Å². The Hall–Kier alpha value is -3.07. The summed E-state index contributed by atoms with van der Waals surface area (Å²) in [7, 11) is 0. The van der Waals surface area contributed by atoms with E-state index in [0.717, 1.165) is 42.8 Å². The number of hydrogen-bond acceptors (Lipinski definition) is 5. The molecular formula is C24H25N5O. The van der Waals surface area contributed by atoms with Crippen molar-refractivity contribution in [1.29, 1.82) is 5.26 Å². The predicted octanol–water partition coefficient (Wildman–Crippen LogP) is 3.45. The molecule has 3 fully saturated rings. The fraction of sp³-hybridized carbons (Fsp3) is 0.458. The number of nitrogens with two attached hydrogens (primary N) is 1. The van der Waals surface area contributed by atoms with Crippen LogP contribution in [0.25, 0.3) is 0 Å². The topological polar surface area (TPSA) is 86.2 Å². The van der Waals surface area contributed by atoms with Gasteiger partial charge in [0, 0.05) is 46.9 Å². The highest BCUT2D eigenvalue weighted by Gasteiger charge is 2.52. The zero-order chi connectivity index (χ0) is 20.4. The summed E-state index contributed by atoms with van der Waals surface area (Å²) in [5.41, 5.74) is 9.56. The second-order valence-electron chi connectivity index (χ2n) is 9.25. The molecule has 0 spiro atoms. The van der Waals surface area contributed by atoms with E-state index in [4.69, 9.17) is 10.7 Å². The van der Waals surface area contributed by atoms with Crippen molar-refractivity contribution in [3.05, 3.63) is 53.2 Å². The second-order valence-corrected chi connectivity index (χ2v) is 9.25. The quantitative estimate of drug-likeness (QED) is 0.796. The number of carbonyl (C=O) groups excluding carboxylic acids is 1. The van der Waals surface area contributed by atoms with E-state index in [-0.39, 0.29) is 6.04 Å². The molecule has 1 aromatic heterocycles. The van der Waals surface area contributed by atoms with Gasteiger partial charge in [-0.2, -0.15) is 5.26 Å². The molecule has 4 atom stereocenters. The van der Waals surface area contributed by atoms with Crippen LogP contribution in [0.15, 0.2) is 36.4 Å². The lowest BCUT2D eigenvalue weighted by Gasteiger charge is -2.34. The van der Waals surface area contributed by atoms with Gasteiger partial charge in [0.2, 0.25) is 5.91 Å². The molecular weight excluding hydrogens is 374 g/mol. The number of pyridine rings is 1. The summed E-state index contributed by atoms with van der Waals surface area (Å²) in [4.78, 5) is 21.2. The van der Waals surface area contributed by atoms with Gasteiger partial charge in [0.25, 0.3) is 0 Å². The summed E-state index contributed by atoms with van der Waals surface area (Å²) < 4.78 is 0. The lowest BCUT2D eigenvalue weighted by atomic mass is 9.82. The van der Waals surface area contributed by atoms with Crippen molar-refractivity contribution in [2.75, 3.05) is 4.90 Å². The predicted molar refractivity (Wildman–Crippen MR) is 113 cm³/mol. The third-order valence-electron chi connectivity index (χ3n) is 7.58. The average Bonchev–Trinajstić information content (AvgIpc) is 3.32. The van der Waals surface area contributed by atoms with E-state index >= 15 is 0 Å². The fourth-order valence-corrected chi connectivity index (χ4v) is 6.05. The number of nitriles is 1. The summed E-state index contributed by atoms with van der Waals surface area (Å²) in [6, 6.07) is 13.1. The molecule has 2 saturated heterocycles. The first kappa shape index (κ1) is 17.8. The molecule has 4 heterocycles. The van der Waals surface area contributed by atoms with Crippen molar-refractivity contribution in [2.45, 2.75) is 62.6 Å². The summed E-state index contributed by atoms with van der Waals surface area (Å²) in [5, 5.41) is 9.66. The Bertz CT molecular complexity index is 1070. The Morgan fingerprint density at radius 2 is 2.00 bits per heavy atom. The molecule has 2 bridgehead atoms. The number of benzene rings is 1. The van der Waals surface area contributed by atoms with E-state index in [2.05, 4.69) is 29.3 Å². The number of amides is 1. The van der Waals surface area contributed by atoms with Gasteiger partial charge in [-0.3, -0.25) is 4.79 Å². The molecule has 30 heavy (non-hydrogen) atoms. The molecule has 1 aliphatic carbocycles. The number of carbonyl (C=O) groups is 1. The molecule has 2 aromatic rings. The van der Waals surface area contributed by atoms with Gasteiger partial charge in [-0.25, -0.2) is 4.98 Å². The van der Waals surface area contributed by atoms with Crippen molar-refractivity contribution < 1.29 is 4.79 Å². The maximum absolute atomic E-state index is 11.8. The first-order valence-corrected chi connectivity index (χ1v) is 11.0. The summed E-state index contributed by atoms with van der Waals surface area (Å²) in [5.74, 6) is 1.61. The Balaban J connectivity index is 1.43. The van der Waals surface area contributed by atoms with Gasteiger partial charge in [-0.1, -0.05) is 6.07 Å². The van der Waals surface area contributed by atoms with Crippen molar-refractivity contribution in [1.82, 2.24) is 9.88 Å². The van der Waals surface area contributed by atoms with Crippen molar-refractivity contribution in [3.63, 3.8) is 0 Å². The monoisotopic (exact) mass is 399 g/mol. The first-order valence-electron chi connectivity index (χ1n) is 11.0. The van der Waals surface area contributed by atoms with E-state index in [1.54, 1.807) is 0 Å². The van der Waals surface area contributed by atoms with Gasteiger partial charge in [0.05, 0.1) is 0 Å². The summed E-state index contributed by atoms with van der Waals surface area (Å²) in [6.45, 7) is 0. The molecule has 6 nitrogen and oxygen atoms in total. The Kier molecular flexibility index (Phi) is 3.83. The Morgan fingerprint density at radius 3 is 2.73 bits per heavy atom. The van der Waals surface area contributed by atoms with E-state index < -0.39 is 5.91 Å². The average molecular weight is 399 g/mol. The van der Waals surface area contributed by atoms with E-state index in [9.17, 15) is 10.1 Å². The minimum atomic E-state index is -0.391. The fourth-order valence-electron chi connectivity index (χ4n) is 6.05. The van der Waals surface area contributed by atoms with Crippen molar-refractivity contribution in [2.24, 2.45) is 11.7 Å². The number of primary amides is 1. The molecule has 2 N–H and O–H groups in total. The van der Waals surface area contributed by atoms with Crippen LogP contribution in [0.2, 0.25) is 0 Å². The van der Waals surface area contributed by atoms with Crippen LogP contribution in [0.4, 0.5) is 11.5 Å². The number of anilines is 2. The molecule has 6 rings (SSSR count). The van der Waals surface area contributed by atoms with Gasteiger partial charge >= 0.3 is 0 Å². The minimum Gasteiger partial charge on any atom is -0.366 e. The van der Waals surface area contributed by atoms with Crippen LogP contribution < -0.4 is 10.6 Å². The normalized spacial score (nSPS) is 29.2. The number of rotatable bonds is 4. The van der Waals surface area contributed by atoms with Gasteiger partial charge in [0.15, 0.2) is 6.19 Å². The molecule has 3 aliphatic heterocycles. The van der Waals surface area contributed by atoms with Crippen molar-refractivity contribution in [3.8, 4) is 6.19 Å². The number of aromatic nitrogens is 1. The summed E-state index contributed by atoms with van der Waals surface area (Å²) >= 11 is 0. The van der Waals surface area contributed by atoms with Gasteiger partial charge < -0.3 is 15.5 Å². The van der Waals surface area contributed by atoms with Gasteiger partial charge in [0.1, 0.15) is 5.82 Å². The van der Waals surface area contributed by atoms with Crippen molar-refractivity contribution >= 4 is 17.4 Å². The highest BCUT2D eigenvalue weighted by atomic mass is 16.1. The highest BCUT2D eigenvalue weighted by molar-refractivity contribution is 5.94. The zero-order valence-corrected chi connectivity index (χ0v) is 16.9. The number of nitrogens with zero attached hydrogens (tertiary/aromatic N) is 4. The maximum Gasteiger partial charge on any atom is 0.248 e. The van der Waals surface area contributed by atoms with Crippen LogP contribution in [-0.2, 0) is 6.42 Å². The molecule has 1 amide bonds. The Labute approximate surface area is 176 Å². The second kappa shape index (κ2) is 6.46. The molecule has 1 saturated carbocycles. The van der Waals surface area contributed by atoms with Crippen LogP contribution in [0.5, 0.6) is 0 Å². The number of fused-ring (bicyclic) bond motifs is 3. The largest absolute Gasteiger partial charge is 0.366 e. The van der Waals surface area contributed by atoms with Crippen LogP contribution in [0, 0.1) is 17.4 Å². The Morgan fingerprint density at radius 1 is 1.13 bits per heavy atom. The third kappa shape index (κ3) is 2.61. The van der Waals surface area contributed by atoms with Crippen LogP contribution in [0.1, 0.15) is 59.6 Å². The van der Waals surface area contributed by atoms with E-state index in [1.165, 1.54) is 18.5 Å². The van der Waals surface area contributed by atoms with Crippen LogP contribution >= 0.6 is 0 Å².